The summed E-state index contributed by atoms with van der Waals surface area (Å²) in [6.45, 7) is 11.6. The van der Waals surface area contributed by atoms with Crippen molar-refractivity contribution in [2.45, 2.75) is 71.9 Å². The Balaban J connectivity index is 1.52. The quantitative estimate of drug-likeness (QED) is 0.607. The molecule has 1 aromatic carbocycles. The van der Waals surface area contributed by atoms with Crippen molar-refractivity contribution in [1.82, 2.24) is 20.0 Å². The first-order chi connectivity index (χ1) is 15.6. The van der Waals surface area contributed by atoms with Crippen molar-refractivity contribution in [3.05, 3.63) is 36.2 Å². The molecule has 0 radical (unpaired) electrons. The molecule has 1 aliphatic rings. The van der Waals surface area contributed by atoms with Gasteiger partial charge in [0.2, 0.25) is 17.7 Å². The second kappa shape index (κ2) is 10.8. The van der Waals surface area contributed by atoms with Gasteiger partial charge in [-0.2, -0.15) is 0 Å². The minimum absolute atomic E-state index is 0.0299. The zero-order valence-corrected chi connectivity index (χ0v) is 20.4. The smallest absolute Gasteiger partial charge is 0.410 e. The van der Waals surface area contributed by atoms with E-state index in [1.165, 1.54) is 0 Å². The normalized spacial score (nSPS) is 16.7. The van der Waals surface area contributed by atoms with Crippen molar-refractivity contribution in [3.8, 4) is 11.5 Å². The molecule has 3 rings (SSSR count). The number of hydrogen-bond donors (Lipinski definition) is 0. The summed E-state index contributed by atoms with van der Waals surface area (Å²) in [6, 6.07) is 9.61. The van der Waals surface area contributed by atoms with Gasteiger partial charge in [0.15, 0.2) is 0 Å². The zero-order valence-electron chi connectivity index (χ0n) is 20.4. The molecule has 8 nitrogen and oxygen atoms in total. The molecule has 1 atom stereocenters. The van der Waals surface area contributed by atoms with Crippen LogP contribution in [0.15, 0.2) is 34.7 Å². The number of amides is 2. The average Bonchev–Trinajstić information content (AvgIpc) is 3.24. The van der Waals surface area contributed by atoms with Crippen molar-refractivity contribution < 1.29 is 18.7 Å². The first kappa shape index (κ1) is 24.7. The zero-order chi connectivity index (χ0) is 24.0. The Morgan fingerprint density at radius 1 is 1.21 bits per heavy atom. The number of rotatable bonds is 7. The Morgan fingerprint density at radius 3 is 2.61 bits per heavy atom. The molecular weight excluding hydrogens is 420 g/mol. The van der Waals surface area contributed by atoms with E-state index in [2.05, 4.69) is 10.2 Å². The fourth-order valence-corrected chi connectivity index (χ4v) is 3.96. The SMILES string of the molecule is CC(C)N(CC1CCCN(C(=O)CCc2nnc(-c3ccccc3)o2)C1)C(=O)OC(C)(C)C. The third-order valence-corrected chi connectivity index (χ3v) is 5.62. The Hall–Kier alpha value is -2.90. The van der Waals surface area contributed by atoms with Crippen LogP contribution >= 0.6 is 0 Å². The molecule has 1 fully saturated rings. The lowest BCUT2D eigenvalue weighted by Crippen LogP contribution is -2.48. The van der Waals surface area contributed by atoms with Gasteiger partial charge in [0.25, 0.3) is 0 Å². The maximum Gasteiger partial charge on any atom is 0.410 e. The fourth-order valence-electron chi connectivity index (χ4n) is 3.96. The molecule has 33 heavy (non-hydrogen) atoms. The number of ether oxygens (including phenoxy) is 1. The van der Waals surface area contributed by atoms with Crippen LogP contribution in [0.25, 0.3) is 11.5 Å². The summed E-state index contributed by atoms with van der Waals surface area (Å²) >= 11 is 0. The summed E-state index contributed by atoms with van der Waals surface area (Å²) in [5.74, 6) is 1.23. The van der Waals surface area contributed by atoms with Crippen LogP contribution in [0.5, 0.6) is 0 Å². The molecule has 1 aliphatic heterocycles. The van der Waals surface area contributed by atoms with E-state index >= 15 is 0 Å². The Morgan fingerprint density at radius 2 is 1.94 bits per heavy atom. The Kier molecular flexibility index (Phi) is 8.10. The van der Waals surface area contributed by atoms with E-state index in [0.717, 1.165) is 24.9 Å². The average molecular weight is 457 g/mol. The molecule has 2 heterocycles. The van der Waals surface area contributed by atoms with Crippen molar-refractivity contribution in [1.29, 1.82) is 0 Å². The molecule has 0 saturated carbocycles. The molecule has 1 unspecified atom stereocenters. The third kappa shape index (κ3) is 7.30. The number of hydrogen-bond acceptors (Lipinski definition) is 6. The monoisotopic (exact) mass is 456 g/mol. The van der Waals surface area contributed by atoms with Crippen molar-refractivity contribution in [2.75, 3.05) is 19.6 Å². The van der Waals surface area contributed by atoms with Crippen LogP contribution in [-0.2, 0) is 16.0 Å². The highest BCUT2D eigenvalue weighted by Crippen LogP contribution is 2.22. The molecule has 0 spiro atoms. The molecule has 0 bridgehead atoms. The van der Waals surface area contributed by atoms with E-state index in [4.69, 9.17) is 9.15 Å². The molecule has 2 amide bonds. The summed E-state index contributed by atoms with van der Waals surface area (Å²) in [5, 5.41) is 8.18. The van der Waals surface area contributed by atoms with Gasteiger partial charge in [-0.25, -0.2) is 4.79 Å². The number of carbonyl (C=O) groups is 2. The van der Waals surface area contributed by atoms with E-state index < -0.39 is 5.60 Å². The number of piperidine rings is 1. The van der Waals surface area contributed by atoms with Gasteiger partial charge in [-0.3, -0.25) is 4.79 Å². The van der Waals surface area contributed by atoms with Crippen LogP contribution in [0.4, 0.5) is 4.79 Å². The summed E-state index contributed by atoms with van der Waals surface area (Å²) in [5.41, 5.74) is 0.328. The van der Waals surface area contributed by atoms with Gasteiger partial charge in [-0.1, -0.05) is 18.2 Å². The van der Waals surface area contributed by atoms with Crippen LogP contribution < -0.4 is 0 Å². The Labute approximate surface area is 196 Å². The predicted molar refractivity (Wildman–Crippen MR) is 125 cm³/mol. The number of carbonyl (C=O) groups excluding carboxylic acids is 2. The second-order valence-electron chi connectivity index (χ2n) is 9.94. The van der Waals surface area contributed by atoms with E-state index in [1.54, 1.807) is 4.90 Å². The van der Waals surface area contributed by atoms with Crippen LogP contribution in [0.3, 0.4) is 0 Å². The summed E-state index contributed by atoms with van der Waals surface area (Å²) < 4.78 is 11.3. The molecule has 2 aromatic rings. The molecule has 8 heteroatoms. The highest BCUT2D eigenvalue weighted by molar-refractivity contribution is 5.76. The maximum atomic E-state index is 12.9. The van der Waals surface area contributed by atoms with Gasteiger partial charge in [0, 0.05) is 44.1 Å². The van der Waals surface area contributed by atoms with Crippen molar-refractivity contribution in [3.63, 3.8) is 0 Å². The maximum absolute atomic E-state index is 12.9. The first-order valence-electron chi connectivity index (χ1n) is 11.8. The van der Waals surface area contributed by atoms with Gasteiger partial charge >= 0.3 is 6.09 Å². The predicted octanol–water partition coefficient (Wildman–Crippen LogP) is 4.55. The van der Waals surface area contributed by atoms with Gasteiger partial charge in [-0.05, 0) is 65.5 Å². The summed E-state index contributed by atoms with van der Waals surface area (Å²) in [6.07, 6.45) is 2.35. The van der Waals surface area contributed by atoms with E-state index in [1.807, 2.05) is 69.9 Å². The van der Waals surface area contributed by atoms with Crippen molar-refractivity contribution in [2.24, 2.45) is 5.92 Å². The van der Waals surface area contributed by atoms with Gasteiger partial charge in [-0.15, -0.1) is 10.2 Å². The highest BCUT2D eigenvalue weighted by Gasteiger charge is 2.30. The topological polar surface area (TPSA) is 88.8 Å². The number of aromatic nitrogens is 2. The highest BCUT2D eigenvalue weighted by atomic mass is 16.6. The number of nitrogens with zero attached hydrogens (tertiary/aromatic N) is 4. The summed E-state index contributed by atoms with van der Waals surface area (Å²) in [7, 11) is 0. The first-order valence-corrected chi connectivity index (χ1v) is 11.8. The van der Waals surface area contributed by atoms with Crippen LogP contribution in [0, 0.1) is 5.92 Å². The molecule has 1 aromatic heterocycles. The largest absolute Gasteiger partial charge is 0.444 e. The molecular formula is C25H36N4O4. The lowest BCUT2D eigenvalue weighted by atomic mass is 9.96. The van der Waals surface area contributed by atoms with Crippen molar-refractivity contribution >= 4 is 12.0 Å². The molecule has 180 valence electrons. The van der Waals surface area contributed by atoms with E-state index in [9.17, 15) is 9.59 Å². The summed E-state index contributed by atoms with van der Waals surface area (Å²) in [4.78, 5) is 29.2. The number of aryl methyl sites for hydroxylation is 1. The second-order valence-corrected chi connectivity index (χ2v) is 9.94. The van der Waals surface area contributed by atoms with Gasteiger partial charge < -0.3 is 19.0 Å². The molecule has 1 saturated heterocycles. The number of likely N-dealkylation sites (tertiary alicyclic amines) is 1. The van der Waals surface area contributed by atoms with Crippen LogP contribution in [0.2, 0.25) is 0 Å². The minimum atomic E-state index is -0.534. The van der Waals surface area contributed by atoms with Crippen LogP contribution in [0.1, 0.15) is 59.8 Å². The molecule has 0 aliphatic carbocycles. The minimum Gasteiger partial charge on any atom is -0.444 e. The van der Waals surface area contributed by atoms with Crippen LogP contribution in [-0.4, -0.2) is 63.3 Å². The van der Waals surface area contributed by atoms with Gasteiger partial charge in [0.05, 0.1) is 0 Å². The standard InChI is InChI=1S/C25H36N4O4/c1-18(2)29(24(31)33-25(3,4)5)17-19-10-9-15-28(16-19)22(30)14-13-21-26-27-23(32-21)20-11-7-6-8-12-20/h6-8,11-12,18-19H,9-10,13-17H2,1-5H3. The lowest BCUT2D eigenvalue weighted by Gasteiger charge is -2.37. The third-order valence-electron chi connectivity index (χ3n) is 5.62. The molecule has 0 N–H and O–H groups in total. The Bertz CT molecular complexity index is 920. The van der Waals surface area contributed by atoms with Gasteiger partial charge in [0.1, 0.15) is 5.60 Å². The lowest BCUT2D eigenvalue weighted by molar-refractivity contribution is -0.133. The number of benzene rings is 1. The van der Waals surface area contributed by atoms with E-state index in [0.29, 0.717) is 37.7 Å². The van der Waals surface area contributed by atoms with E-state index in [-0.39, 0.29) is 24.0 Å². The fraction of sp³-hybridized carbons (Fsp3) is 0.600.